The molecule has 84 valence electrons. The van der Waals surface area contributed by atoms with Gasteiger partial charge in [-0.1, -0.05) is 0 Å². The van der Waals surface area contributed by atoms with E-state index in [0.29, 0.717) is 12.3 Å². The van der Waals surface area contributed by atoms with Crippen LogP contribution in [0.4, 0.5) is 0 Å². The van der Waals surface area contributed by atoms with Crippen molar-refractivity contribution in [1.82, 2.24) is 9.80 Å². The quantitative estimate of drug-likeness (QED) is 0.640. The van der Waals surface area contributed by atoms with E-state index < -0.39 is 10.8 Å². The lowest BCUT2D eigenvalue weighted by Crippen LogP contribution is -2.45. The number of hydrogen-bond acceptors (Lipinski definition) is 4. The molecule has 0 aliphatic carbocycles. The second-order valence-corrected chi connectivity index (χ2v) is 5.48. The summed E-state index contributed by atoms with van der Waals surface area (Å²) in [5, 5.41) is 0. The Morgan fingerprint density at radius 1 is 1.21 bits per heavy atom. The zero-order chi connectivity index (χ0) is 10.4. The molecule has 5 heteroatoms. The summed E-state index contributed by atoms with van der Waals surface area (Å²) in [6.45, 7) is 5.97. The van der Waals surface area contributed by atoms with Crippen molar-refractivity contribution in [3.63, 3.8) is 0 Å². The maximum atomic E-state index is 11.3. The van der Waals surface area contributed by atoms with Gasteiger partial charge >= 0.3 is 0 Å². The number of nitrogens with zero attached hydrogens (tertiary/aromatic N) is 2. The van der Waals surface area contributed by atoms with Crippen LogP contribution in [0.15, 0.2) is 0 Å². The smallest absolute Gasteiger partial charge is 0.0363 e. The molecule has 1 unspecified atom stereocenters. The minimum Gasteiger partial charge on any atom is -0.330 e. The van der Waals surface area contributed by atoms with E-state index >= 15 is 0 Å². The van der Waals surface area contributed by atoms with Gasteiger partial charge in [0.15, 0.2) is 0 Å². The van der Waals surface area contributed by atoms with Crippen molar-refractivity contribution in [2.75, 3.05) is 57.8 Å². The maximum Gasteiger partial charge on any atom is 0.0363 e. The normalized spacial score (nSPS) is 22.4. The van der Waals surface area contributed by atoms with E-state index in [2.05, 4.69) is 16.8 Å². The summed E-state index contributed by atoms with van der Waals surface area (Å²) in [5.74, 6) is 1.43. The molecule has 14 heavy (non-hydrogen) atoms. The first-order chi connectivity index (χ1) is 6.72. The van der Waals surface area contributed by atoms with Crippen LogP contribution in [0.2, 0.25) is 0 Å². The van der Waals surface area contributed by atoms with Crippen LogP contribution in [0, 0.1) is 0 Å². The minimum atomic E-state index is -0.711. The van der Waals surface area contributed by atoms with Crippen LogP contribution in [0.5, 0.6) is 0 Å². The van der Waals surface area contributed by atoms with Crippen LogP contribution in [-0.4, -0.2) is 71.8 Å². The third kappa shape index (κ3) is 4.50. The van der Waals surface area contributed by atoms with Crippen molar-refractivity contribution in [1.29, 1.82) is 0 Å². The molecule has 1 aliphatic heterocycles. The summed E-state index contributed by atoms with van der Waals surface area (Å²) >= 11 is 0. The molecule has 0 aromatic carbocycles. The predicted octanol–water partition coefficient (Wildman–Crippen LogP) is -1.06. The van der Waals surface area contributed by atoms with Crippen molar-refractivity contribution in [2.45, 2.75) is 0 Å². The van der Waals surface area contributed by atoms with Crippen LogP contribution in [0.3, 0.4) is 0 Å². The van der Waals surface area contributed by atoms with Gasteiger partial charge in [-0.15, -0.1) is 0 Å². The molecule has 0 radical (unpaired) electrons. The lowest BCUT2D eigenvalue weighted by Gasteiger charge is -2.32. The predicted molar refractivity (Wildman–Crippen MR) is 60.9 cm³/mol. The van der Waals surface area contributed by atoms with Gasteiger partial charge in [-0.3, -0.25) is 9.11 Å². The fourth-order valence-corrected chi connectivity index (χ4v) is 2.46. The molecule has 0 aromatic rings. The molecule has 1 atom stereocenters. The average Bonchev–Trinajstić information content (AvgIpc) is 2.17. The molecule has 1 aliphatic rings. The second kappa shape index (κ2) is 6.50. The highest BCUT2D eigenvalue weighted by atomic mass is 32.2. The van der Waals surface area contributed by atoms with E-state index in [0.717, 1.165) is 38.5 Å². The molecule has 0 bridgehead atoms. The Morgan fingerprint density at radius 2 is 1.86 bits per heavy atom. The summed E-state index contributed by atoms with van der Waals surface area (Å²) < 4.78 is 11.3. The van der Waals surface area contributed by atoms with Crippen LogP contribution in [0.1, 0.15) is 0 Å². The third-order valence-corrected chi connectivity index (χ3v) is 3.91. The van der Waals surface area contributed by atoms with Gasteiger partial charge in [-0.2, -0.15) is 0 Å². The van der Waals surface area contributed by atoms with E-state index in [1.54, 1.807) is 0 Å². The van der Waals surface area contributed by atoms with Crippen molar-refractivity contribution >= 4 is 10.8 Å². The molecule has 0 saturated carbocycles. The summed E-state index contributed by atoms with van der Waals surface area (Å²) in [7, 11) is 1.43. The zero-order valence-corrected chi connectivity index (χ0v) is 9.76. The van der Waals surface area contributed by atoms with Crippen LogP contribution in [-0.2, 0) is 10.8 Å². The highest BCUT2D eigenvalue weighted by Crippen LogP contribution is 1.98. The minimum absolute atomic E-state index is 0.537. The summed E-state index contributed by atoms with van der Waals surface area (Å²) in [4.78, 5) is 4.71. The van der Waals surface area contributed by atoms with Gasteiger partial charge < -0.3 is 10.6 Å². The molecular formula is C9H21N3OS. The molecule has 0 spiro atoms. The van der Waals surface area contributed by atoms with Gasteiger partial charge in [0.05, 0.1) is 0 Å². The summed E-state index contributed by atoms with van der Waals surface area (Å²) in [5.41, 5.74) is 5.34. The standard InChI is InChI=1S/C9H21N3OS/c1-11-3-5-12(6-4-11)7-9-14(13)8-2-10/h2-10H2,1H3. The number of rotatable bonds is 5. The largest absolute Gasteiger partial charge is 0.330 e. The van der Waals surface area contributed by atoms with E-state index in [1.807, 2.05) is 0 Å². The Labute approximate surface area is 88.9 Å². The molecule has 1 rings (SSSR count). The Hall–Kier alpha value is 0.0300. The molecular weight excluding hydrogens is 198 g/mol. The highest BCUT2D eigenvalue weighted by Gasteiger charge is 2.13. The van der Waals surface area contributed by atoms with Gasteiger partial charge in [0.25, 0.3) is 0 Å². The lowest BCUT2D eigenvalue weighted by atomic mass is 10.3. The van der Waals surface area contributed by atoms with Crippen molar-refractivity contribution in [3.8, 4) is 0 Å². The molecule has 0 aromatic heterocycles. The van der Waals surface area contributed by atoms with E-state index in [4.69, 9.17) is 5.73 Å². The van der Waals surface area contributed by atoms with E-state index in [-0.39, 0.29) is 0 Å². The van der Waals surface area contributed by atoms with Crippen LogP contribution in [0.25, 0.3) is 0 Å². The maximum absolute atomic E-state index is 11.3. The van der Waals surface area contributed by atoms with Crippen molar-refractivity contribution < 1.29 is 4.21 Å². The van der Waals surface area contributed by atoms with Crippen molar-refractivity contribution in [2.24, 2.45) is 5.73 Å². The van der Waals surface area contributed by atoms with E-state index in [9.17, 15) is 4.21 Å². The topological polar surface area (TPSA) is 49.6 Å². The average molecular weight is 219 g/mol. The summed E-state index contributed by atoms with van der Waals surface area (Å²) in [6, 6.07) is 0. The molecule has 4 nitrogen and oxygen atoms in total. The molecule has 2 N–H and O–H groups in total. The van der Waals surface area contributed by atoms with Crippen LogP contribution < -0.4 is 5.73 Å². The second-order valence-electron chi connectivity index (χ2n) is 3.78. The third-order valence-electron chi connectivity index (χ3n) is 2.58. The Morgan fingerprint density at radius 3 is 2.43 bits per heavy atom. The zero-order valence-electron chi connectivity index (χ0n) is 8.95. The number of piperazine rings is 1. The Bertz CT molecular complexity index is 181. The van der Waals surface area contributed by atoms with Gasteiger partial charge in [-0.25, -0.2) is 0 Å². The van der Waals surface area contributed by atoms with E-state index in [1.165, 1.54) is 0 Å². The van der Waals surface area contributed by atoms with Gasteiger partial charge in [0.2, 0.25) is 0 Å². The lowest BCUT2D eigenvalue weighted by molar-refractivity contribution is 0.161. The number of nitrogens with two attached hydrogens (primary N) is 1. The highest BCUT2D eigenvalue weighted by molar-refractivity contribution is 7.85. The van der Waals surface area contributed by atoms with Crippen molar-refractivity contribution in [3.05, 3.63) is 0 Å². The SMILES string of the molecule is CN1CCN(CCS(=O)CCN)CC1. The molecule has 0 amide bonds. The summed E-state index contributed by atoms with van der Waals surface area (Å²) in [6.07, 6.45) is 0. The first-order valence-corrected chi connectivity index (χ1v) is 6.67. The van der Waals surface area contributed by atoms with Crippen LogP contribution >= 0.6 is 0 Å². The Balaban J connectivity index is 2.09. The van der Waals surface area contributed by atoms with Gasteiger partial charge in [0, 0.05) is 61.6 Å². The number of likely N-dealkylation sites (N-methyl/N-ethyl adjacent to an activating group) is 1. The fraction of sp³-hybridized carbons (Fsp3) is 1.00. The number of hydrogen-bond donors (Lipinski definition) is 1. The first-order valence-electron chi connectivity index (χ1n) is 5.18. The molecule has 1 fully saturated rings. The van der Waals surface area contributed by atoms with Gasteiger partial charge in [0.1, 0.15) is 0 Å². The monoisotopic (exact) mass is 219 g/mol. The first kappa shape index (κ1) is 12.1. The molecule has 1 heterocycles. The fourth-order valence-electron chi connectivity index (χ4n) is 1.54. The molecule has 1 saturated heterocycles. The Kier molecular flexibility index (Phi) is 5.62. The van der Waals surface area contributed by atoms with Gasteiger partial charge in [-0.05, 0) is 7.05 Å².